The summed E-state index contributed by atoms with van der Waals surface area (Å²) >= 11 is 0. The Labute approximate surface area is 114 Å². The summed E-state index contributed by atoms with van der Waals surface area (Å²) in [5, 5.41) is 9.65. The van der Waals surface area contributed by atoms with Crippen LogP contribution in [0.1, 0.15) is 39.0 Å². The summed E-state index contributed by atoms with van der Waals surface area (Å²) in [6.07, 6.45) is 0. The fraction of sp³-hybridized carbons (Fsp3) is 0.133. The van der Waals surface area contributed by atoms with Crippen LogP contribution >= 0.6 is 0 Å². The molecule has 102 valence electrons. The van der Waals surface area contributed by atoms with Gasteiger partial charge in [-0.3, -0.25) is 9.59 Å². The Bertz CT molecular complexity index is 738. The molecule has 20 heavy (non-hydrogen) atoms. The van der Waals surface area contributed by atoms with E-state index in [0.29, 0.717) is 0 Å². The Morgan fingerprint density at radius 2 is 1.75 bits per heavy atom. The van der Waals surface area contributed by atoms with Crippen LogP contribution in [0.15, 0.2) is 39.5 Å². The monoisotopic (exact) mass is 272 g/mol. The van der Waals surface area contributed by atoms with E-state index in [1.165, 1.54) is 6.92 Å². The van der Waals surface area contributed by atoms with E-state index in [-0.39, 0.29) is 11.1 Å². The lowest BCUT2D eigenvalue weighted by Gasteiger charge is -2.06. The lowest BCUT2D eigenvalue weighted by molar-refractivity contribution is 0.0964. The first-order chi connectivity index (χ1) is 9.40. The van der Waals surface area contributed by atoms with Gasteiger partial charge in [0.05, 0.1) is 6.07 Å². The molecule has 1 heterocycles. The number of hydrogen-bond acceptors (Lipinski definition) is 5. The molecule has 0 aliphatic rings. The Morgan fingerprint density at radius 3 is 2.30 bits per heavy atom. The Kier molecular flexibility index (Phi) is 3.52. The molecule has 0 aliphatic heterocycles. The van der Waals surface area contributed by atoms with Crippen molar-refractivity contribution in [3.63, 3.8) is 0 Å². The average molecular weight is 272 g/mol. The van der Waals surface area contributed by atoms with Crippen LogP contribution in [0.2, 0.25) is 0 Å². The van der Waals surface area contributed by atoms with E-state index in [0.717, 1.165) is 11.6 Å². The zero-order chi connectivity index (χ0) is 14.9. The van der Waals surface area contributed by atoms with Gasteiger partial charge in [-0.1, -0.05) is 29.8 Å². The highest BCUT2D eigenvalue weighted by Crippen LogP contribution is 2.22. The van der Waals surface area contributed by atoms with Gasteiger partial charge in [0.15, 0.2) is 11.5 Å². The molecule has 0 amide bonds. The largest absolute Gasteiger partial charge is 0.507 e. The van der Waals surface area contributed by atoms with Crippen LogP contribution in [0.5, 0.6) is 5.75 Å². The lowest BCUT2D eigenvalue weighted by Crippen LogP contribution is -2.13. The normalized spacial score (nSPS) is 10.3. The second-order valence-corrected chi connectivity index (χ2v) is 4.41. The number of Topliss-reactive ketones (excluding diaryl/α,β-unsaturated/α-hetero) is 1. The minimum Gasteiger partial charge on any atom is -0.507 e. The van der Waals surface area contributed by atoms with Gasteiger partial charge in [-0.05, 0) is 13.8 Å². The van der Waals surface area contributed by atoms with Crippen LogP contribution in [0.4, 0.5) is 0 Å². The van der Waals surface area contributed by atoms with Crippen molar-refractivity contribution in [2.24, 2.45) is 0 Å². The summed E-state index contributed by atoms with van der Waals surface area (Å²) in [6, 6.07) is 7.34. The molecule has 5 nitrogen and oxygen atoms in total. The average Bonchev–Trinajstić information content (AvgIpc) is 2.37. The molecule has 0 fully saturated rings. The number of carbonyl (C=O) groups is 2. The first-order valence-corrected chi connectivity index (χ1v) is 5.89. The van der Waals surface area contributed by atoms with Gasteiger partial charge in [0, 0.05) is 5.56 Å². The third-order valence-electron chi connectivity index (χ3n) is 2.81. The molecule has 0 atom stereocenters. The van der Waals surface area contributed by atoms with Crippen molar-refractivity contribution in [3.8, 4) is 5.75 Å². The van der Waals surface area contributed by atoms with Gasteiger partial charge in [0.25, 0.3) is 0 Å². The molecule has 0 saturated carbocycles. The topological polar surface area (TPSA) is 84.6 Å². The highest BCUT2D eigenvalue weighted by molar-refractivity contribution is 6.14. The molecule has 0 saturated heterocycles. The minimum atomic E-state index is -0.886. The van der Waals surface area contributed by atoms with Crippen molar-refractivity contribution >= 4 is 11.6 Å². The summed E-state index contributed by atoms with van der Waals surface area (Å²) in [6.45, 7) is 3.05. The number of carbonyl (C=O) groups excluding carboxylic acids is 2. The number of aromatic hydroxyl groups is 1. The number of hydrogen-bond donors (Lipinski definition) is 1. The van der Waals surface area contributed by atoms with E-state index in [9.17, 15) is 19.5 Å². The quantitative estimate of drug-likeness (QED) is 0.865. The molecule has 1 aromatic heterocycles. The van der Waals surface area contributed by atoms with Crippen LogP contribution in [-0.2, 0) is 0 Å². The first-order valence-electron chi connectivity index (χ1n) is 5.89. The lowest BCUT2D eigenvalue weighted by atomic mass is 10.0. The van der Waals surface area contributed by atoms with Crippen molar-refractivity contribution in [2.75, 3.05) is 0 Å². The second kappa shape index (κ2) is 5.13. The van der Waals surface area contributed by atoms with Gasteiger partial charge in [0.2, 0.25) is 5.78 Å². The van der Waals surface area contributed by atoms with Crippen LogP contribution in [0.25, 0.3) is 0 Å². The van der Waals surface area contributed by atoms with Gasteiger partial charge < -0.3 is 9.52 Å². The van der Waals surface area contributed by atoms with Crippen molar-refractivity contribution in [1.82, 2.24) is 0 Å². The molecule has 0 radical (unpaired) electrons. The van der Waals surface area contributed by atoms with Crippen molar-refractivity contribution < 1.29 is 19.1 Å². The number of benzene rings is 1. The smallest absolute Gasteiger partial charge is 0.340 e. The van der Waals surface area contributed by atoms with Gasteiger partial charge in [-0.25, -0.2) is 4.79 Å². The molecular formula is C15H12O5. The molecule has 0 unspecified atom stereocenters. The summed E-state index contributed by atoms with van der Waals surface area (Å²) in [4.78, 5) is 35.1. The highest BCUT2D eigenvalue weighted by Gasteiger charge is 2.23. The Balaban J connectivity index is 2.62. The fourth-order valence-electron chi connectivity index (χ4n) is 1.82. The second-order valence-electron chi connectivity index (χ2n) is 4.41. The minimum absolute atomic E-state index is 0.270. The van der Waals surface area contributed by atoms with Crippen LogP contribution in [0.3, 0.4) is 0 Å². The molecule has 1 aromatic carbocycles. The van der Waals surface area contributed by atoms with Crippen LogP contribution in [-0.4, -0.2) is 16.7 Å². The molecule has 2 aromatic rings. The van der Waals surface area contributed by atoms with Gasteiger partial charge in [0.1, 0.15) is 11.3 Å². The highest BCUT2D eigenvalue weighted by atomic mass is 16.4. The summed E-state index contributed by atoms with van der Waals surface area (Å²) in [5.74, 6) is -2.17. The molecule has 1 N–H and O–H groups in total. The zero-order valence-corrected chi connectivity index (χ0v) is 11.0. The summed E-state index contributed by atoms with van der Waals surface area (Å²) in [5.41, 5.74) is 0.0655. The number of ketones is 2. The molecule has 5 heteroatoms. The van der Waals surface area contributed by atoms with E-state index < -0.39 is 28.7 Å². The molecule has 0 aliphatic carbocycles. The molecule has 0 spiro atoms. The van der Waals surface area contributed by atoms with Gasteiger partial charge in [-0.15, -0.1) is 0 Å². The maximum Gasteiger partial charge on any atom is 0.340 e. The first kappa shape index (κ1) is 13.7. The van der Waals surface area contributed by atoms with Crippen LogP contribution < -0.4 is 5.63 Å². The van der Waals surface area contributed by atoms with E-state index >= 15 is 0 Å². The third kappa shape index (κ3) is 2.51. The van der Waals surface area contributed by atoms with Crippen molar-refractivity contribution in [2.45, 2.75) is 13.8 Å². The maximum absolute atomic E-state index is 12.3. The predicted molar refractivity (Wildman–Crippen MR) is 71.3 cm³/mol. The van der Waals surface area contributed by atoms with Crippen molar-refractivity contribution in [3.05, 3.63) is 63.2 Å². The molecule has 2 rings (SSSR count). The van der Waals surface area contributed by atoms with E-state index in [4.69, 9.17) is 4.42 Å². The van der Waals surface area contributed by atoms with Gasteiger partial charge >= 0.3 is 5.63 Å². The Hall–Kier alpha value is -2.69. The zero-order valence-electron chi connectivity index (χ0n) is 11.0. The van der Waals surface area contributed by atoms with E-state index in [1.807, 2.05) is 6.92 Å². The van der Waals surface area contributed by atoms with E-state index in [2.05, 4.69) is 0 Å². The van der Waals surface area contributed by atoms with Gasteiger partial charge in [-0.2, -0.15) is 0 Å². The summed E-state index contributed by atoms with van der Waals surface area (Å²) in [7, 11) is 0. The fourth-order valence-corrected chi connectivity index (χ4v) is 1.82. The van der Waals surface area contributed by atoms with E-state index in [1.54, 1.807) is 24.3 Å². The molecule has 0 bridgehead atoms. The Morgan fingerprint density at radius 1 is 1.15 bits per heavy atom. The summed E-state index contributed by atoms with van der Waals surface area (Å²) < 4.78 is 4.81. The molecular weight excluding hydrogens is 260 g/mol. The standard InChI is InChI=1S/C15H12O5/c1-8-3-5-10(6-4-8)14(19)15-13(9(2)16)11(17)7-12(18)20-15/h3-7,17H,1-2H3. The SMILES string of the molecule is CC(=O)c1c(O)cc(=O)oc1C(=O)c1ccc(C)cc1. The third-order valence-corrected chi connectivity index (χ3v) is 2.81. The number of aryl methyl sites for hydroxylation is 1. The predicted octanol–water partition coefficient (Wildman–Crippen LogP) is 2.09. The van der Waals surface area contributed by atoms with Crippen LogP contribution in [0, 0.1) is 6.92 Å². The van der Waals surface area contributed by atoms with Crippen molar-refractivity contribution in [1.29, 1.82) is 0 Å². The maximum atomic E-state index is 12.3. The number of rotatable bonds is 3.